The molecule has 0 fully saturated rings. The summed E-state index contributed by atoms with van der Waals surface area (Å²) in [6.07, 6.45) is 3.48. The van der Waals surface area contributed by atoms with E-state index in [-0.39, 0.29) is 23.9 Å². The number of aliphatic imine (C=N–C) groups is 1. The summed E-state index contributed by atoms with van der Waals surface area (Å²) in [7, 11) is 1.58. The summed E-state index contributed by atoms with van der Waals surface area (Å²) < 4.78 is 16.1. The standard InChI is InChI=1S/C21H16N2O6/c1-12-3-4-15(9-18(12)23(25)26)20-22-17(21(24)29-20)8-13-7-14-5-6-16(27-2)10-19(14)28-11-13/h3-10H,11H2,1-2H3. The summed E-state index contributed by atoms with van der Waals surface area (Å²) in [5.74, 6) is 0.799. The molecule has 2 heterocycles. The van der Waals surface area contributed by atoms with E-state index in [4.69, 9.17) is 14.2 Å². The van der Waals surface area contributed by atoms with E-state index in [1.165, 1.54) is 6.07 Å². The molecule has 0 saturated heterocycles. The summed E-state index contributed by atoms with van der Waals surface area (Å²) in [6, 6.07) is 10.0. The minimum Gasteiger partial charge on any atom is -0.497 e. The molecule has 146 valence electrons. The fourth-order valence-electron chi connectivity index (χ4n) is 3.02. The third kappa shape index (κ3) is 3.60. The SMILES string of the molecule is COc1ccc2c(c1)OCC(C=C1N=C(c3ccc(C)c([N+](=O)[O-])c3)OC1=O)=C2. The molecule has 0 aromatic heterocycles. The van der Waals surface area contributed by atoms with Gasteiger partial charge in [-0.05, 0) is 42.8 Å². The molecule has 0 spiro atoms. The molecule has 0 saturated carbocycles. The Balaban J connectivity index is 1.64. The van der Waals surface area contributed by atoms with Crippen molar-refractivity contribution in [3.63, 3.8) is 0 Å². The zero-order valence-corrected chi connectivity index (χ0v) is 15.7. The molecule has 0 aliphatic carbocycles. The molecule has 29 heavy (non-hydrogen) atoms. The predicted molar refractivity (Wildman–Crippen MR) is 105 cm³/mol. The highest BCUT2D eigenvalue weighted by Crippen LogP contribution is 2.31. The van der Waals surface area contributed by atoms with Gasteiger partial charge >= 0.3 is 5.97 Å². The zero-order chi connectivity index (χ0) is 20.5. The van der Waals surface area contributed by atoms with Gasteiger partial charge in [0.2, 0.25) is 5.90 Å². The molecule has 0 bridgehead atoms. The van der Waals surface area contributed by atoms with Crippen LogP contribution in [0.2, 0.25) is 0 Å². The molecule has 0 amide bonds. The van der Waals surface area contributed by atoms with Crippen LogP contribution in [0.5, 0.6) is 11.5 Å². The van der Waals surface area contributed by atoms with Crippen LogP contribution in [0.3, 0.4) is 0 Å². The average Bonchev–Trinajstić information content (AvgIpc) is 3.08. The Kier molecular flexibility index (Phi) is 4.59. The molecule has 2 aliphatic heterocycles. The molecule has 2 aliphatic rings. The van der Waals surface area contributed by atoms with E-state index in [9.17, 15) is 14.9 Å². The van der Waals surface area contributed by atoms with Crippen LogP contribution in [0.1, 0.15) is 16.7 Å². The predicted octanol–water partition coefficient (Wildman–Crippen LogP) is 3.58. The van der Waals surface area contributed by atoms with Gasteiger partial charge in [-0.1, -0.05) is 6.07 Å². The number of carbonyl (C=O) groups is 1. The number of hydrogen-bond donors (Lipinski definition) is 0. The third-order valence-corrected chi connectivity index (χ3v) is 4.55. The molecular weight excluding hydrogens is 376 g/mol. The number of nitro groups is 1. The molecule has 8 heteroatoms. The van der Waals surface area contributed by atoms with E-state index in [1.807, 2.05) is 18.2 Å². The van der Waals surface area contributed by atoms with Crippen molar-refractivity contribution in [2.45, 2.75) is 6.92 Å². The Morgan fingerprint density at radius 3 is 2.83 bits per heavy atom. The maximum atomic E-state index is 12.2. The lowest BCUT2D eigenvalue weighted by molar-refractivity contribution is -0.385. The second-order valence-electron chi connectivity index (χ2n) is 6.51. The van der Waals surface area contributed by atoms with Gasteiger partial charge < -0.3 is 14.2 Å². The van der Waals surface area contributed by atoms with Gasteiger partial charge in [0.05, 0.1) is 12.0 Å². The molecule has 4 rings (SSSR count). The first-order chi connectivity index (χ1) is 13.9. The minimum atomic E-state index is -0.621. The van der Waals surface area contributed by atoms with E-state index in [0.717, 1.165) is 11.1 Å². The number of aryl methyl sites for hydroxylation is 1. The second-order valence-corrected chi connectivity index (χ2v) is 6.51. The molecular formula is C21H16N2O6. The summed E-state index contributed by atoms with van der Waals surface area (Å²) in [6.45, 7) is 1.90. The number of esters is 1. The number of cyclic esters (lactones) is 1. The zero-order valence-electron chi connectivity index (χ0n) is 15.7. The second kappa shape index (κ2) is 7.23. The van der Waals surface area contributed by atoms with Gasteiger partial charge in [-0.15, -0.1) is 0 Å². The maximum Gasteiger partial charge on any atom is 0.363 e. The number of rotatable bonds is 4. The van der Waals surface area contributed by atoms with Gasteiger partial charge in [0.1, 0.15) is 18.1 Å². The van der Waals surface area contributed by atoms with Gasteiger partial charge in [0.15, 0.2) is 5.70 Å². The maximum absolute atomic E-state index is 12.2. The Hall–Kier alpha value is -3.94. The summed E-state index contributed by atoms with van der Waals surface area (Å²) in [5.41, 5.74) is 2.52. The topological polar surface area (TPSA) is 100 Å². The van der Waals surface area contributed by atoms with Gasteiger partial charge in [-0.25, -0.2) is 9.79 Å². The molecule has 2 aromatic carbocycles. The van der Waals surface area contributed by atoms with Crippen LogP contribution < -0.4 is 9.47 Å². The number of methoxy groups -OCH3 is 1. The van der Waals surface area contributed by atoms with Crippen molar-refractivity contribution in [3.8, 4) is 11.5 Å². The Labute approximate surface area is 165 Å². The number of benzene rings is 2. The largest absolute Gasteiger partial charge is 0.497 e. The van der Waals surface area contributed by atoms with Crippen LogP contribution in [0.4, 0.5) is 5.69 Å². The Morgan fingerprint density at radius 2 is 2.07 bits per heavy atom. The fraction of sp³-hybridized carbons (Fsp3) is 0.143. The lowest BCUT2D eigenvalue weighted by Gasteiger charge is -2.16. The highest BCUT2D eigenvalue weighted by molar-refractivity contribution is 6.11. The molecule has 0 atom stereocenters. The average molecular weight is 392 g/mol. The van der Waals surface area contributed by atoms with Crippen molar-refractivity contribution in [1.82, 2.24) is 0 Å². The van der Waals surface area contributed by atoms with Crippen LogP contribution in [-0.4, -0.2) is 30.5 Å². The summed E-state index contributed by atoms with van der Waals surface area (Å²) in [5, 5.41) is 11.1. The minimum absolute atomic E-state index is 0.0341. The highest BCUT2D eigenvalue weighted by Gasteiger charge is 2.26. The molecule has 0 radical (unpaired) electrons. The number of fused-ring (bicyclic) bond motifs is 1. The van der Waals surface area contributed by atoms with Crippen molar-refractivity contribution in [2.24, 2.45) is 4.99 Å². The molecule has 0 N–H and O–H groups in total. The Bertz CT molecular complexity index is 1130. The van der Waals surface area contributed by atoms with E-state index < -0.39 is 10.9 Å². The normalized spacial score (nSPS) is 16.5. The summed E-state index contributed by atoms with van der Waals surface area (Å²) >= 11 is 0. The van der Waals surface area contributed by atoms with Crippen LogP contribution in [-0.2, 0) is 9.53 Å². The number of ether oxygens (including phenoxy) is 3. The van der Waals surface area contributed by atoms with Crippen molar-refractivity contribution in [1.29, 1.82) is 0 Å². The van der Waals surface area contributed by atoms with E-state index in [1.54, 1.807) is 38.3 Å². The van der Waals surface area contributed by atoms with E-state index >= 15 is 0 Å². The number of nitro benzene ring substituents is 1. The lowest BCUT2D eigenvalue weighted by atomic mass is 10.1. The van der Waals surface area contributed by atoms with Gasteiger partial charge in [-0.2, -0.15) is 0 Å². The highest BCUT2D eigenvalue weighted by atomic mass is 16.6. The first-order valence-corrected chi connectivity index (χ1v) is 8.74. The fourth-order valence-corrected chi connectivity index (χ4v) is 3.02. The quantitative estimate of drug-likeness (QED) is 0.341. The van der Waals surface area contributed by atoms with Crippen molar-refractivity contribution in [3.05, 3.63) is 80.5 Å². The first kappa shape index (κ1) is 18.4. The number of hydrogen-bond acceptors (Lipinski definition) is 7. The first-order valence-electron chi connectivity index (χ1n) is 8.74. The van der Waals surface area contributed by atoms with Crippen molar-refractivity contribution < 1.29 is 23.9 Å². The van der Waals surface area contributed by atoms with Crippen LogP contribution in [0.25, 0.3) is 6.08 Å². The van der Waals surface area contributed by atoms with E-state index in [2.05, 4.69) is 4.99 Å². The van der Waals surface area contributed by atoms with Crippen LogP contribution in [0.15, 0.2) is 58.7 Å². The number of nitrogens with zero attached hydrogens (tertiary/aromatic N) is 2. The third-order valence-electron chi connectivity index (χ3n) is 4.55. The van der Waals surface area contributed by atoms with Crippen LogP contribution in [0, 0.1) is 17.0 Å². The monoisotopic (exact) mass is 392 g/mol. The van der Waals surface area contributed by atoms with Gasteiger partial charge in [0, 0.05) is 28.8 Å². The van der Waals surface area contributed by atoms with E-state index in [0.29, 0.717) is 22.6 Å². The van der Waals surface area contributed by atoms with Gasteiger partial charge in [-0.3, -0.25) is 10.1 Å². The van der Waals surface area contributed by atoms with Crippen molar-refractivity contribution >= 4 is 23.6 Å². The molecule has 8 nitrogen and oxygen atoms in total. The van der Waals surface area contributed by atoms with Crippen LogP contribution >= 0.6 is 0 Å². The molecule has 2 aromatic rings. The van der Waals surface area contributed by atoms with Gasteiger partial charge in [0.25, 0.3) is 5.69 Å². The molecule has 0 unspecified atom stereocenters. The number of carbonyl (C=O) groups excluding carboxylic acids is 1. The van der Waals surface area contributed by atoms with Crippen molar-refractivity contribution in [2.75, 3.05) is 13.7 Å². The Morgan fingerprint density at radius 1 is 1.24 bits per heavy atom. The summed E-state index contributed by atoms with van der Waals surface area (Å²) in [4.78, 5) is 27.1. The smallest absolute Gasteiger partial charge is 0.363 e. The lowest BCUT2D eigenvalue weighted by Crippen LogP contribution is -2.08.